The molecule has 1 aliphatic heterocycles. The highest BCUT2D eigenvalue weighted by atomic mass is 16.5. The molecule has 1 fully saturated rings. The Morgan fingerprint density at radius 2 is 2.14 bits per heavy atom. The van der Waals surface area contributed by atoms with Gasteiger partial charge >= 0.3 is 0 Å². The van der Waals surface area contributed by atoms with Crippen LogP contribution in [-0.4, -0.2) is 43.5 Å². The van der Waals surface area contributed by atoms with Crippen molar-refractivity contribution in [2.24, 2.45) is 0 Å². The molecule has 5 heteroatoms. The van der Waals surface area contributed by atoms with Gasteiger partial charge in [0.15, 0.2) is 0 Å². The van der Waals surface area contributed by atoms with E-state index in [2.05, 4.69) is 5.32 Å². The number of hydrogen-bond donors (Lipinski definition) is 1. The number of ether oxygens (including phenoxy) is 1. The van der Waals surface area contributed by atoms with Gasteiger partial charge in [0.1, 0.15) is 5.75 Å². The van der Waals surface area contributed by atoms with E-state index in [9.17, 15) is 9.59 Å². The number of amides is 2. The normalized spacial score (nSPS) is 14.8. The maximum Gasteiger partial charge on any atom is 0.222 e. The second-order valence-corrected chi connectivity index (χ2v) is 5.50. The van der Waals surface area contributed by atoms with Crippen LogP contribution in [0.15, 0.2) is 24.3 Å². The zero-order valence-electron chi connectivity index (χ0n) is 13.1. The first-order valence-electron chi connectivity index (χ1n) is 7.87. The second kappa shape index (κ2) is 8.41. The van der Waals surface area contributed by atoms with E-state index in [0.717, 1.165) is 30.7 Å². The Morgan fingerprint density at radius 3 is 2.91 bits per heavy atom. The lowest BCUT2D eigenvalue weighted by molar-refractivity contribution is -0.133. The first kappa shape index (κ1) is 16.3. The number of nitrogens with zero attached hydrogens (tertiary/aromatic N) is 1. The van der Waals surface area contributed by atoms with Gasteiger partial charge in [0.05, 0.1) is 7.11 Å². The topological polar surface area (TPSA) is 58.6 Å². The van der Waals surface area contributed by atoms with Crippen LogP contribution < -0.4 is 10.1 Å². The number of aryl methyl sites for hydroxylation is 1. The van der Waals surface area contributed by atoms with E-state index in [1.165, 1.54) is 0 Å². The van der Waals surface area contributed by atoms with Crippen LogP contribution in [0.2, 0.25) is 0 Å². The molecule has 1 N–H and O–H groups in total. The largest absolute Gasteiger partial charge is 0.496 e. The molecule has 0 unspecified atom stereocenters. The molecular weight excluding hydrogens is 280 g/mol. The van der Waals surface area contributed by atoms with Gasteiger partial charge in [-0.15, -0.1) is 0 Å². The molecule has 0 spiro atoms. The molecule has 0 saturated carbocycles. The van der Waals surface area contributed by atoms with Gasteiger partial charge in [0.2, 0.25) is 11.8 Å². The fraction of sp³-hybridized carbons (Fsp3) is 0.529. The summed E-state index contributed by atoms with van der Waals surface area (Å²) >= 11 is 0. The monoisotopic (exact) mass is 304 g/mol. The highest BCUT2D eigenvalue weighted by molar-refractivity contribution is 5.77. The van der Waals surface area contributed by atoms with E-state index >= 15 is 0 Å². The summed E-state index contributed by atoms with van der Waals surface area (Å²) in [6.45, 7) is 1.95. The SMILES string of the molecule is COc1ccccc1CCC(=O)NCCN1CCCCC1=O. The predicted molar refractivity (Wildman–Crippen MR) is 84.8 cm³/mol. The lowest BCUT2D eigenvalue weighted by atomic mass is 10.1. The lowest BCUT2D eigenvalue weighted by Crippen LogP contribution is -2.41. The Morgan fingerprint density at radius 1 is 1.32 bits per heavy atom. The molecular formula is C17H24N2O3. The first-order valence-corrected chi connectivity index (χ1v) is 7.87. The van der Waals surface area contributed by atoms with Gasteiger partial charge in [-0.25, -0.2) is 0 Å². The van der Waals surface area contributed by atoms with Crippen LogP contribution in [0.3, 0.4) is 0 Å². The molecule has 0 radical (unpaired) electrons. The molecule has 0 aromatic heterocycles. The van der Waals surface area contributed by atoms with E-state index < -0.39 is 0 Å². The third-order valence-electron chi connectivity index (χ3n) is 3.94. The molecule has 0 aliphatic carbocycles. The number of piperidine rings is 1. The number of carbonyl (C=O) groups is 2. The molecule has 1 aromatic rings. The maximum absolute atomic E-state index is 11.9. The van der Waals surface area contributed by atoms with E-state index in [-0.39, 0.29) is 11.8 Å². The van der Waals surface area contributed by atoms with Gasteiger partial charge in [0, 0.05) is 32.5 Å². The van der Waals surface area contributed by atoms with Gasteiger partial charge in [-0.2, -0.15) is 0 Å². The Balaban J connectivity index is 1.68. The maximum atomic E-state index is 11.9. The zero-order chi connectivity index (χ0) is 15.8. The summed E-state index contributed by atoms with van der Waals surface area (Å²) in [6, 6.07) is 7.73. The van der Waals surface area contributed by atoms with Crippen LogP contribution in [0, 0.1) is 0 Å². The fourth-order valence-electron chi connectivity index (χ4n) is 2.67. The Hall–Kier alpha value is -2.04. The highest BCUT2D eigenvalue weighted by Gasteiger charge is 2.17. The second-order valence-electron chi connectivity index (χ2n) is 5.50. The van der Waals surface area contributed by atoms with E-state index in [1.807, 2.05) is 29.2 Å². The van der Waals surface area contributed by atoms with Crippen molar-refractivity contribution in [3.05, 3.63) is 29.8 Å². The zero-order valence-corrected chi connectivity index (χ0v) is 13.1. The number of para-hydroxylation sites is 1. The molecule has 1 saturated heterocycles. The third kappa shape index (κ3) is 4.76. The van der Waals surface area contributed by atoms with Crippen molar-refractivity contribution in [3.63, 3.8) is 0 Å². The summed E-state index contributed by atoms with van der Waals surface area (Å²) in [5.41, 5.74) is 1.03. The van der Waals surface area contributed by atoms with Gasteiger partial charge in [-0.3, -0.25) is 9.59 Å². The molecule has 2 amide bonds. The molecule has 1 heterocycles. The van der Waals surface area contributed by atoms with Crippen LogP contribution in [0.5, 0.6) is 5.75 Å². The molecule has 120 valence electrons. The summed E-state index contributed by atoms with van der Waals surface area (Å²) in [4.78, 5) is 25.4. The van der Waals surface area contributed by atoms with Crippen LogP contribution in [0.25, 0.3) is 0 Å². The number of hydrogen-bond acceptors (Lipinski definition) is 3. The van der Waals surface area contributed by atoms with E-state index in [4.69, 9.17) is 4.74 Å². The number of carbonyl (C=O) groups excluding carboxylic acids is 2. The minimum Gasteiger partial charge on any atom is -0.496 e. The summed E-state index contributed by atoms with van der Waals surface area (Å²) in [5, 5.41) is 2.88. The lowest BCUT2D eigenvalue weighted by Gasteiger charge is -2.26. The number of rotatable bonds is 7. The molecule has 0 atom stereocenters. The van der Waals surface area contributed by atoms with Gasteiger partial charge in [-0.05, 0) is 30.9 Å². The molecule has 0 bridgehead atoms. The quantitative estimate of drug-likeness (QED) is 0.835. The fourth-order valence-corrected chi connectivity index (χ4v) is 2.67. The summed E-state index contributed by atoms with van der Waals surface area (Å²) in [5.74, 6) is 1.03. The Labute approximate surface area is 131 Å². The average molecular weight is 304 g/mol. The van der Waals surface area contributed by atoms with Crippen molar-refractivity contribution in [3.8, 4) is 5.75 Å². The van der Waals surface area contributed by atoms with Crippen LogP contribution in [-0.2, 0) is 16.0 Å². The highest BCUT2D eigenvalue weighted by Crippen LogP contribution is 2.18. The molecule has 2 rings (SSSR count). The molecule has 5 nitrogen and oxygen atoms in total. The molecule has 1 aromatic carbocycles. The van der Waals surface area contributed by atoms with Crippen LogP contribution in [0.4, 0.5) is 0 Å². The number of nitrogens with one attached hydrogen (secondary N) is 1. The number of benzene rings is 1. The van der Waals surface area contributed by atoms with Gasteiger partial charge in [0.25, 0.3) is 0 Å². The Bertz CT molecular complexity index is 516. The van der Waals surface area contributed by atoms with E-state index in [0.29, 0.717) is 32.4 Å². The van der Waals surface area contributed by atoms with E-state index in [1.54, 1.807) is 7.11 Å². The first-order chi connectivity index (χ1) is 10.7. The minimum atomic E-state index is 0.00960. The van der Waals surface area contributed by atoms with Crippen molar-refractivity contribution in [1.29, 1.82) is 0 Å². The summed E-state index contributed by atoms with van der Waals surface area (Å²) in [6.07, 6.45) is 3.77. The van der Waals surface area contributed by atoms with Crippen LogP contribution in [0.1, 0.15) is 31.2 Å². The average Bonchev–Trinajstić information content (AvgIpc) is 2.55. The van der Waals surface area contributed by atoms with Crippen molar-refractivity contribution in [2.75, 3.05) is 26.7 Å². The van der Waals surface area contributed by atoms with Gasteiger partial charge < -0.3 is 15.0 Å². The minimum absolute atomic E-state index is 0.00960. The molecule has 1 aliphatic rings. The van der Waals surface area contributed by atoms with Crippen molar-refractivity contribution < 1.29 is 14.3 Å². The summed E-state index contributed by atoms with van der Waals surface area (Å²) < 4.78 is 5.27. The Kier molecular flexibility index (Phi) is 6.25. The smallest absolute Gasteiger partial charge is 0.222 e. The number of methoxy groups -OCH3 is 1. The predicted octanol–water partition coefficient (Wildman–Crippen LogP) is 1.76. The standard InChI is InChI=1S/C17H24N2O3/c1-22-15-7-3-2-6-14(15)9-10-16(20)18-11-13-19-12-5-4-8-17(19)21/h2-3,6-7H,4-5,8-13H2,1H3,(H,18,20). The number of likely N-dealkylation sites (tertiary alicyclic amines) is 1. The van der Waals surface area contributed by atoms with Crippen molar-refractivity contribution >= 4 is 11.8 Å². The van der Waals surface area contributed by atoms with Gasteiger partial charge in [-0.1, -0.05) is 18.2 Å². The summed E-state index contributed by atoms with van der Waals surface area (Å²) in [7, 11) is 1.63. The van der Waals surface area contributed by atoms with Crippen LogP contribution >= 0.6 is 0 Å². The van der Waals surface area contributed by atoms with Crippen molar-refractivity contribution in [1.82, 2.24) is 10.2 Å². The third-order valence-corrected chi connectivity index (χ3v) is 3.94. The molecule has 22 heavy (non-hydrogen) atoms. The van der Waals surface area contributed by atoms with Crippen molar-refractivity contribution in [2.45, 2.75) is 32.1 Å².